The second-order valence-electron chi connectivity index (χ2n) is 30.1. The highest BCUT2D eigenvalue weighted by Gasteiger charge is 2.30. The van der Waals surface area contributed by atoms with Crippen LogP contribution in [0.1, 0.15) is 427 Å². The van der Waals surface area contributed by atoms with Gasteiger partial charge < -0.3 is 33.8 Å². The quantitative estimate of drug-likeness (QED) is 0.0222. The number of hydrogen-bond donors (Lipinski definition) is 3. The molecule has 3 N–H and O–H groups in total. The van der Waals surface area contributed by atoms with Gasteiger partial charge in [0, 0.05) is 25.7 Å². The number of carbonyl (C=O) groups is 4. The molecule has 0 radical (unpaired) electrons. The molecule has 0 aromatic rings. The number of esters is 4. The van der Waals surface area contributed by atoms with Crippen molar-refractivity contribution in [2.45, 2.75) is 445 Å². The lowest BCUT2D eigenvalue weighted by atomic mass is 10.0. The van der Waals surface area contributed by atoms with Crippen LogP contribution in [-0.4, -0.2) is 96.7 Å². The van der Waals surface area contributed by atoms with Gasteiger partial charge in [-0.3, -0.25) is 37.3 Å². The number of hydrogen-bond acceptors (Lipinski definition) is 15. The van der Waals surface area contributed by atoms with Gasteiger partial charge in [0.05, 0.1) is 26.4 Å². The Labute approximate surface area is 613 Å². The summed E-state index contributed by atoms with van der Waals surface area (Å²) in [4.78, 5) is 73.1. The molecular weight excluding hydrogens is 1310 g/mol. The van der Waals surface area contributed by atoms with E-state index in [0.29, 0.717) is 25.7 Å². The third-order valence-electron chi connectivity index (χ3n) is 19.0. The first-order valence-corrected chi connectivity index (χ1v) is 45.0. The van der Waals surface area contributed by atoms with E-state index in [0.717, 1.165) is 102 Å². The summed E-state index contributed by atoms with van der Waals surface area (Å²) in [5.41, 5.74) is 0. The molecule has 0 aromatic carbocycles. The molecule has 0 saturated carbocycles. The Balaban J connectivity index is 5.27. The van der Waals surface area contributed by atoms with Crippen molar-refractivity contribution in [3.63, 3.8) is 0 Å². The van der Waals surface area contributed by atoms with E-state index in [9.17, 15) is 43.2 Å². The van der Waals surface area contributed by atoms with E-state index in [1.54, 1.807) is 0 Å². The third kappa shape index (κ3) is 74.3. The predicted molar refractivity (Wildman–Crippen MR) is 409 cm³/mol. The molecule has 0 aromatic heterocycles. The van der Waals surface area contributed by atoms with Gasteiger partial charge in [0.15, 0.2) is 12.2 Å². The lowest BCUT2D eigenvalue weighted by Crippen LogP contribution is -2.30. The first-order chi connectivity index (χ1) is 48.4. The molecule has 2 unspecified atom stereocenters. The van der Waals surface area contributed by atoms with Crippen LogP contribution in [0.15, 0.2) is 0 Å². The van der Waals surface area contributed by atoms with Gasteiger partial charge in [-0.25, -0.2) is 9.13 Å². The fourth-order valence-corrected chi connectivity index (χ4v) is 14.1. The number of unbranched alkanes of at least 4 members (excludes halogenated alkanes) is 50. The van der Waals surface area contributed by atoms with Gasteiger partial charge in [-0.05, 0) is 37.5 Å². The smallest absolute Gasteiger partial charge is 0.462 e. The molecule has 0 heterocycles. The van der Waals surface area contributed by atoms with Gasteiger partial charge >= 0.3 is 39.5 Å². The summed E-state index contributed by atoms with van der Waals surface area (Å²) < 4.78 is 68.8. The van der Waals surface area contributed by atoms with Gasteiger partial charge in [-0.2, -0.15) is 0 Å². The van der Waals surface area contributed by atoms with Crippen molar-refractivity contribution in [3.05, 3.63) is 0 Å². The summed E-state index contributed by atoms with van der Waals surface area (Å²) in [6, 6.07) is 0. The maximum absolute atomic E-state index is 13.1. The number of aliphatic hydroxyl groups is 1. The Bertz CT molecular complexity index is 1920. The van der Waals surface area contributed by atoms with Crippen LogP contribution in [0.2, 0.25) is 0 Å². The van der Waals surface area contributed by atoms with E-state index < -0.39 is 97.5 Å². The average Bonchev–Trinajstić information content (AvgIpc) is 1.01. The normalized spacial score (nSPS) is 13.9. The molecule has 100 heavy (non-hydrogen) atoms. The summed E-state index contributed by atoms with van der Waals surface area (Å²) >= 11 is 0. The highest BCUT2D eigenvalue weighted by atomic mass is 31.2. The monoisotopic (exact) mass is 1470 g/mol. The number of phosphoric acid groups is 2. The Morgan fingerprint density at radius 2 is 0.460 bits per heavy atom. The molecule has 594 valence electrons. The van der Waals surface area contributed by atoms with Crippen LogP contribution >= 0.6 is 15.6 Å². The van der Waals surface area contributed by atoms with Gasteiger partial charge in [0.25, 0.3) is 0 Å². The lowest BCUT2D eigenvalue weighted by molar-refractivity contribution is -0.161. The molecule has 0 amide bonds. The summed E-state index contributed by atoms with van der Waals surface area (Å²) in [7, 11) is -9.92. The van der Waals surface area contributed by atoms with E-state index in [1.165, 1.54) is 244 Å². The molecule has 0 spiro atoms. The van der Waals surface area contributed by atoms with Crippen LogP contribution in [0.25, 0.3) is 0 Å². The average molecular weight is 1470 g/mol. The molecule has 0 aliphatic carbocycles. The van der Waals surface area contributed by atoms with E-state index in [1.807, 2.05) is 0 Å². The van der Waals surface area contributed by atoms with Crippen molar-refractivity contribution in [2.24, 2.45) is 11.8 Å². The number of carbonyl (C=O) groups excluding carboxylic acids is 4. The Morgan fingerprint density at radius 1 is 0.270 bits per heavy atom. The van der Waals surface area contributed by atoms with Crippen molar-refractivity contribution in [2.75, 3.05) is 39.6 Å². The van der Waals surface area contributed by atoms with Gasteiger partial charge in [-0.1, -0.05) is 375 Å². The molecule has 0 bridgehead atoms. The first-order valence-electron chi connectivity index (χ1n) is 42.0. The van der Waals surface area contributed by atoms with Crippen molar-refractivity contribution in [1.29, 1.82) is 0 Å². The molecule has 5 atom stereocenters. The molecule has 0 rings (SSSR count). The first kappa shape index (κ1) is 98.1. The molecule has 0 aliphatic heterocycles. The molecular formula is C81H158O17P2. The van der Waals surface area contributed by atoms with Crippen LogP contribution in [0.4, 0.5) is 0 Å². The van der Waals surface area contributed by atoms with Gasteiger partial charge in [0.1, 0.15) is 19.3 Å². The summed E-state index contributed by atoms with van der Waals surface area (Å²) in [6.07, 6.45) is 62.2. The minimum Gasteiger partial charge on any atom is -0.462 e. The minimum atomic E-state index is -4.96. The zero-order valence-electron chi connectivity index (χ0n) is 65.5. The zero-order valence-corrected chi connectivity index (χ0v) is 67.3. The Hall–Kier alpha value is -1.94. The molecule has 19 heteroatoms. The van der Waals surface area contributed by atoms with Crippen LogP contribution in [0.3, 0.4) is 0 Å². The standard InChI is InChI=1S/C81H158O17P2/c1-7-9-11-13-15-17-19-21-22-28-35-41-47-53-59-65-80(85)97-76(69-91-78(83)63-57-51-45-39-33-20-18-16-14-12-10-8-2)71-95-99(87,88)93-67-75(82)68-94-100(89,90)96-72-77(70-92-79(84)64-58-52-46-40-34-30-25-27-32-38-44-50-56-62-74(5)6)98-81(86)66-60-54-48-42-36-29-24-23-26-31-37-43-49-55-61-73(3)4/h73-77,82H,7-72H2,1-6H3,(H,87,88)(H,89,90)/t75-,76+,77+/m0/s1. The largest absolute Gasteiger partial charge is 0.472 e. The van der Waals surface area contributed by atoms with E-state index in [2.05, 4.69) is 41.5 Å². The van der Waals surface area contributed by atoms with E-state index in [-0.39, 0.29) is 25.7 Å². The maximum atomic E-state index is 13.1. The van der Waals surface area contributed by atoms with Crippen molar-refractivity contribution in [3.8, 4) is 0 Å². The zero-order chi connectivity index (χ0) is 73.5. The maximum Gasteiger partial charge on any atom is 0.472 e. The van der Waals surface area contributed by atoms with Crippen LogP contribution in [-0.2, 0) is 65.4 Å². The molecule has 0 aliphatic rings. The van der Waals surface area contributed by atoms with Gasteiger partial charge in [0.2, 0.25) is 0 Å². The Kier molecular flexibility index (Phi) is 71.2. The number of phosphoric ester groups is 2. The predicted octanol–water partition coefficient (Wildman–Crippen LogP) is 24.3. The highest BCUT2D eigenvalue weighted by molar-refractivity contribution is 7.47. The number of aliphatic hydroxyl groups excluding tert-OH is 1. The fraction of sp³-hybridized carbons (Fsp3) is 0.951. The van der Waals surface area contributed by atoms with Crippen molar-refractivity contribution < 1.29 is 80.2 Å². The minimum absolute atomic E-state index is 0.108. The number of ether oxygens (including phenoxy) is 4. The van der Waals surface area contributed by atoms with E-state index >= 15 is 0 Å². The van der Waals surface area contributed by atoms with Crippen LogP contribution < -0.4 is 0 Å². The fourth-order valence-electron chi connectivity index (χ4n) is 12.5. The van der Waals surface area contributed by atoms with Crippen LogP contribution in [0.5, 0.6) is 0 Å². The molecule has 0 saturated heterocycles. The summed E-state index contributed by atoms with van der Waals surface area (Å²) in [5.74, 6) is -0.519. The SMILES string of the molecule is CCCCCCCCCCCCCCCCCC(=O)O[C@H](COC(=O)CCCCCCCCCCCCCC)COP(=O)(O)OC[C@H](O)COP(=O)(O)OC[C@@H](COC(=O)CCCCCCCCCCCCCCCC(C)C)OC(=O)CCCCCCCCCCCCCCCCC(C)C. The van der Waals surface area contributed by atoms with Crippen molar-refractivity contribution >= 4 is 39.5 Å². The second kappa shape index (κ2) is 72.6. The molecule has 0 fully saturated rings. The Morgan fingerprint density at radius 3 is 0.680 bits per heavy atom. The van der Waals surface area contributed by atoms with Crippen LogP contribution in [0, 0.1) is 11.8 Å². The highest BCUT2D eigenvalue weighted by Crippen LogP contribution is 2.45. The third-order valence-corrected chi connectivity index (χ3v) is 20.9. The molecule has 17 nitrogen and oxygen atoms in total. The lowest BCUT2D eigenvalue weighted by Gasteiger charge is -2.21. The van der Waals surface area contributed by atoms with Crippen molar-refractivity contribution in [1.82, 2.24) is 0 Å². The summed E-state index contributed by atoms with van der Waals surface area (Å²) in [6.45, 7) is 9.69. The van der Waals surface area contributed by atoms with Gasteiger partial charge in [-0.15, -0.1) is 0 Å². The van der Waals surface area contributed by atoms with E-state index in [4.69, 9.17) is 37.0 Å². The second-order valence-corrected chi connectivity index (χ2v) is 33.0. The summed E-state index contributed by atoms with van der Waals surface area (Å²) in [5, 5.41) is 10.6. The topological polar surface area (TPSA) is 237 Å². The number of rotatable bonds is 80.